The second-order valence-electron chi connectivity index (χ2n) is 9.56. The minimum Gasteiger partial charge on any atom is -0.453 e. The SMILES string of the molecule is CC(C)[C@H](NC(=O)OC(C)(C)C)C(=O)O[C@@H]1[C@H](O)[C@@H](CO)O[C@@]1(C#N)c1ccc2c(N)ncnn12. The number of rotatable bonds is 6. The Hall–Kier alpha value is -3.47. The Bertz CT molecular complexity index is 1140. The predicted octanol–water partition coefficient (Wildman–Crippen LogP) is 0.243. The van der Waals surface area contributed by atoms with Gasteiger partial charge in [-0.25, -0.2) is 19.1 Å². The number of aliphatic hydroxyl groups is 2. The predicted molar refractivity (Wildman–Crippen MR) is 121 cm³/mol. The van der Waals surface area contributed by atoms with Gasteiger partial charge in [-0.15, -0.1) is 0 Å². The van der Waals surface area contributed by atoms with Crippen LogP contribution in [0.25, 0.3) is 5.52 Å². The van der Waals surface area contributed by atoms with Crippen LogP contribution in [0.1, 0.15) is 40.3 Å². The van der Waals surface area contributed by atoms with Crippen molar-refractivity contribution in [1.29, 1.82) is 5.26 Å². The largest absolute Gasteiger partial charge is 0.453 e. The topological polar surface area (TPSA) is 194 Å². The number of ether oxygens (including phenoxy) is 3. The molecular formula is C22H30N6O7. The number of fused-ring (bicyclic) bond motifs is 1. The van der Waals surface area contributed by atoms with E-state index >= 15 is 0 Å². The zero-order valence-electron chi connectivity index (χ0n) is 20.1. The number of nitrogens with two attached hydrogens (primary N) is 1. The first-order chi connectivity index (χ1) is 16.3. The Morgan fingerprint density at radius 1 is 1.40 bits per heavy atom. The summed E-state index contributed by atoms with van der Waals surface area (Å²) < 4.78 is 17.9. The van der Waals surface area contributed by atoms with Crippen LogP contribution >= 0.6 is 0 Å². The maximum atomic E-state index is 13.2. The van der Waals surface area contributed by atoms with Crippen molar-refractivity contribution in [3.05, 3.63) is 24.2 Å². The zero-order chi connectivity index (χ0) is 26.1. The number of carbonyl (C=O) groups is 2. The Labute approximate surface area is 201 Å². The molecule has 0 unspecified atom stereocenters. The molecule has 0 spiro atoms. The fourth-order valence-electron chi connectivity index (χ4n) is 3.83. The number of aliphatic hydroxyl groups excluding tert-OH is 2. The van der Waals surface area contributed by atoms with Gasteiger partial charge >= 0.3 is 12.1 Å². The number of nitriles is 1. The van der Waals surface area contributed by atoms with Crippen molar-refractivity contribution in [2.75, 3.05) is 12.3 Å². The van der Waals surface area contributed by atoms with Crippen LogP contribution < -0.4 is 11.1 Å². The van der Waals surface area contributed by atoms with Gasteiger partial charge in [0.05, 0.1) is 12.3 Å². The smallest absolute Gasteiger partial charge is 0.408 e. The number of nitrogen functional groups attached to an aromatic ring is 1. The molecule has 1 aliphatic rings. The van der Waals surface area contributed by atoms with Gasteiger partial charge in [-0.3, -0.25) is 0 Å². The molecule has 5 atom stereocenters. The molecule has 1 aliphatic heterocycles. The summed E-state index contributed by atoms with van der Waals surface area (Å²) in [5.74, 6) is -1.22. The number of esters is 1. The normalized spacial score (nSPS) is 25.3. The van der Waals surface area contributed by atoms with Crippen molar-refractivity contribution >= 4 is 23.4 Å². The first kappa shape index (κ1) is 26.1. The van der Waals surface area contributed by atoms with Crippen LogP contribution in [0.3, 0.4) is 0 Å². The number of anilines is 1. The van der Waals surface area contributed by atoms with Gasteiger partial charge in [-0.05, 0) is 38.8 Å². The molecule has 2 aromatic heterocycles. The van der Waals surface area contributed by atoms with Gasteiger partial charge in [0.2, 0.25) is 5.60 Å². The first-order valence-corrected chi connectivity index (χ1v) is 11.0. The molecule has 1 saturated heterocycles. The van der Waals surface area contributed by atoms with Gasteiger partial charge in [-0.1, -0.05) is 13.8 Å². The number of aromatic nitrogens is 3. The molecule has 0 aromatic carbocycles. The second kappa shape index (κ2) is 9.65. The standard InChI is InChI=1S/C22H30N6O7/c1-11(2)15(27-20(32)35-21(3,4)5)19(31)33-17-16(30)13(8-29)34-22(17,9-23)14-7-6-12-18(24)25-10-26-28(12)14/h6-7,10-11,13,15-17,29-30H,8H2,1-5H3,(H,27,32)(H2,24,25,26)/t13-,15+,16-,17-,22+/m1/s1. The van der Waals surface area contributed by atoms with Crippen LogP contribution in [0.5, 0.6) is 0 Å². The molecular weight excluding hydrogens is 460 g/mol. The van der Waals surface area contributed by atoms with E-state index in [1.165, 1.54) is 16.9 Å². The summed E-state index contributed by atoms with van der Waals surface area (Å²) in [5, 5.41) is 37.4. The fraction of sp³-hybridized carbons (Fsp3) is 0.591. The maximum Gasteiger partial charge on any atom is 0.408 e. The molecule has 0 radical (unpaired) electrons. The van der Waals surface area contributed by atoms with Gasteiger partial charge < -0.3 is 35.5 Å². The molecule has 5 N–H and O–H groups in total. The highest BCUT2D eigenvalue weighted by molar-refractivity contribution is 5.82. The van der Waals surface area contributed by atoms with E-state index in [1.807, 2.05) is 6.07 Å². The highest BCUT2D eigenvalue weighted by atomic mass is 16.6. The van der Waals surface area contributed by atoms with Crippen molar-refractivity contribution in [2.24, 2.45) is 5.92 Å². The Balaban J connectivity index is 1.98. The van der Waals surface area contributed by atoms with Crippen LogP contribution in [-0.4, -0.2) is 73.4 Å². The average molecular weight is 491 g/mol. The van der Waals surface area contributed by atoms with E-state index in [9.17, 15) is 25.1 Å². The lowest BCUT2D eigenvalue weighted by atomic mass is 9.92. The van der Waals surface area contributed by atoms with Gasteiger partial charge in [0.25, 0.3) is 0 Å². The van der Waals surface area contributed by atoms with Gasteiger partial charge in [-0.2, -0.15) is 10.4 Å². The monoisotopic (exact) mass is 490 g/mol. The lowest BCUT2D eigenvalue weighted by molar-refractivity contribution is -0.164. The van der Waals surface area contributed by atoms with Gasteiger partial charge in [0, 0.05) is 0 Å². The average Bonchev–Trinajstić information content (AvgIpc) is 3.32. The lowest BCUT2D eigenvalue weighted by Crippen LogP contribution is -2.51. The van der Waals surface area contributed by atoms with Crippen LogP contribution in [-0.2, 0) is 24.6 Å². The molecule has 13 heteroatoms. The maximum absolute atomic E-state index is 13.2. The minimum absolute atomic E-state index is 0.109. The molecule has 0 bridgehead atoms. The van der Waals surface area contributed by atoms with Crippen molar-refractivity contribution < 1.29 is 34.0 Å². The Kier molecular flexibility index (Phi) is 7.21. The zero-order valence-corrected chi connectivity index (χ0v) is 20.1. The summed E-state index contributed by atoms with van der Waals surface area (Å²) >= 11 is 0. The fourth-order valence-corrected chi connectivity index (χ4v) is 3.83. The minimum atomic E-state index is -2.05. The number of amides is 1. The van der Waals surface area contributed by atoms with E-state index in [0.717, 1.165) is 0 Å². The van der Waals surface area contributed by atoms with Crippen molar-refractivity contribution in [3.8, 4) is 6.07 Å². The van der Waals surface area contributed by atoms with E-state index < -0.39 is 60.1 Å². The van der Waals surface area contributed by atoms with Gasteiger partial charge in [0.1, 0.15) is 41.8 Å². The third-order valence-corrected chi connectivity index (χ3v) is 5.47. The summed E-state index contributed by atoms with van der Waals surface area (Å²) in [6, 6.07) is 3.84. The summed E-state index contributed by atoms with van der Waals surface area (Å²) in [6.07, 6.45) is -4.04. The number of nitrogens with one attached hydrogen (secondary N) is 1. The van der Waals surface area contributed by atoms with Crippen LogP contribution in [0, 0.1) is 17.2 Å². The van der Waals surface area contributed by atoms with Crippen LogP contribution in [0.4, 0.5) is 10.6 Å². The Morgan fingerprint density at radius 3 is 2.66 bits per heavy atom. The van der Waals surface area contributed by atoms with Crippen LogP contribution in [0.2, 0.25) is 0 Å². The highest BCUT2D eigenvalue weighted by Crippen LogP contribution is 2.42. The summed E-state index contributed by atoms with van der Waals surface area (Å²) in [4.78, 5) is 29.4. The summed E-state index contributed by atoms with van der Waals surface area (Å²) in [6.45, 7) is 7.74. The lowest BCUT2D eigenvalue weighted by Gasteiger charge is -2.30. The number of nitrogens with zero attached hydrogens (tertiary/aromatic N) is 4. The van der Waals surface area contributed by atoms with E-state index in [4.69, 9.17) is 19.9 Å². The summed E-state index contributed by atoms with van der Waals surface area (Å²) in [7, 11) is 0. The number of carbonyl (C=O) groups excluding carboxylic acids is 2. The van der Waals surface area contributed by atoms with E-state index in [0.29, 0.717) is 5.52 Å². The molecule has 2 aromatic rings. The molecule has 1 amide bonds. The van der Waals surface area contributed by atoms with Crippen molar-refractivity contribution in [1.82, 2.24) is 19.9 Å². The number of hydrogen-bond donors (Lipinski definition) is 4. The molecule has 0 saturated carbocycles. The quantitative estimate of drug-likeness (QED) is 0.405. The molecule has 35 heavy (non-hydrogen) atoms. The molecule has 1 fully saturated rings. The highest BCUT2D eigenvalue weighted by Gasteiger charge is 2.60. The van der Waals surface area contributed by atoms with Gasteiger partial charge in [0.15, 0.2) is 11.9 Å². The molecule has 3 rings (SSSR count). The number of alkyl carbamates (subject to hydrolysis) is 1. The third-order valence-electron chi connectivity index (χ3n) is 5.47. The van der Waals surface area contributed by atoms with E-state index in [2.05, 4.69) is 15.4 Å². The third kappa shape index (κ3) is 5.00. The molecule has 190 valence electrons. The molecule has 0 aliphatic carbocycles. The van der Waals surface area contributed by atoms with Crippen LogP contribution in [0.15, 0.2) is 18.5 Å². The first-order valence-electron chi connectivity index (χ1n) is 11.0. The second-order valence-corrected chi connectivity index (χ2v) is 9.56. The van der Waals surface area contributed by atoms with Crippen molar-refractivity contribution in [2.45, 2.75) is 70.2 Å². The van der Waals surface area contributed by atoms with E-state index in [-0.39, 0.29) is 11.5 Å². The van der Waals surface area contributed by atoms with E-state index in [1.54, 1.807) is 40.7 Å². The number of hydrogen-bond acceptors (Lipinski definition) is 11. The Morgan fingerprint density at radius 2 is 2.09 bits per heavy atom. The molecule has 13 nitrogen and oxygen atoms in total. The summed E-state index contributed by atoms with van der Waals surface area (Å²) in [5.41, 5.74) is 3.51. The van der Waals surface area contributed by atoms with Crippen molar-refractivity contribution in [3.63, 3.8) is 0 Å². The molecule has 3 heterocycles.